The molecule has 0 aliphatic rings. The van der Waals surface area contributed by atoms with Crippen LogP contribution in [-0.4, -0.2) is 19.6 Å². The predicted octanol–water partition coefficient (Wildman–Crippen LogP) is 1.23. The van der Waals surface area contributed by atoms with Crippen molar-refractivity contribution in [2.24, 2.45) is 0 Å². The summed E-state index contributed by atoms with van der Waals surface area (Å²) in [4.78, 5) is 39.1. The highest BCUT2D eigenvalue weighted by Crippen LogP contribution is 2.33. The van der Waals surface area contributed by atoms with Crippen LogP contribution in [0.1, 0.15) is 5.69 Å². The molecule has 0 saturated carbocycles. The lowest BCUT2D eigenvalue weighted by atomic mass is 10.2. The summed E-state index contributed by atoms with van der Waals surface area (Å²) in [6.45, 7) is 0. The Labute approximate surface area is 133 Å². The van der Waals surface area contributed by atoms with E-state index in [0.29, 0.717) is 0 Å². The smallest absolute Gasteiger partial charge is 0.431 e. The average Bonchev–Trinajstić information content (AvgIpc) is 2.48. The van der Waals surface area contributed by atoms with Gasteiger partial charge < -0.3 is 10.1 Å². The molecule has 25 heavy (non-hydrogen) atoms. The number of H-pyrrole nitrogens is 2. The summed E-state index contributed by atoms with van der Waals surface area (Å²) in [5.41, 5.74) is -7.37. The van der Waals surface area contributed by atoms with E-state index < -0.39 is 56.8 Å². The van der Waals surface area contributed by atoms with Gasteiger partial charge in [0.15, 0.2) is 5.82 Å². The summed E-state index contributed by atoms with van der Waals surface area (Å²) < 4.78 is 54.0. The molecule has 2 heterocycles. The molecule has 0 amide bonds. The minimum absolute atomic E-state index is 0.137. The number of aromatic amines is 2. The maximum atomic E-state index is 14.0. The summed E-state index contributed by atoms with van der Waals surface area (Å²) in [5, 5.41) is 9.00. The average molecular weight is 357 g/mol. The predicted molar refractivity (Wildman–Crippen MR) is 77.4 cm³/mol. The lowest BCUT2D eigenvalue weighted by Crippen LogP contribution is -2.33. The van der Waals surface area contributed by atoms with Crippen LogP contribution in [0.15, 0.2) is 38.6 Å². The molecule has 0 bridgehead atoms. The van der Waals surface area contributed by atoms with Gasteiger partial charge in [0.25, 0.3) is 11.1 Å². The number of phenolic OH excluding ortho intramolecular Hbond substituents is 1. The molecule has 0 spiro atoms. The summed E-state index contributed by atoms with van der Waals surface area (Å²) in [6.07, 6.45) is -5.16. The third kappa shape index (κ3) is 2.58. The molecule has 0 unspecified atom stereocenters. The first-order chi connectivity index (χ1) is 11.6. The number of hydrogen-bond acceptors (Lipinski definition) is 4. The first kappa shape index (κ1) is 16.5. The van der Waals surface area contributed by atoms with E-state index in [1.807, 2.05) is 4.98 Å². The summed E-state index contributed by atoms with van der Waals surface area (Å²) in [6, 6.07) is 2.94. The van der Waals surface area contributed by atoms with Crippen LogP contribution >= 0.6 is 0 Å². The molecule has 130 valence electrons. The molecule has 2 aromatic heterocycles. The topological polar surface area (TPSA) is 108 Å². The van der Waals surface area contributed by atoms with Crippen LogP contribution in [0.4, 0.5) is 17.6 Å². The Balaban J connectivity index is 2.63. The van der Waals surface area contributed by atoms with E-state index in [-0.39, 0.29) is 10.6 Å². The van der Waals surface area contributed by atoms with Gasteiger partial charge in [-0.15, -0.1) is 0 Å². The van der Waals surface area contributed by atoms with Crippen LogP contribution < -0.4 is 16.8 Å². The Hall–Kier alpha value is -3.37. The summed E-state index contributed by atoms with van der Waals surface area (Å²) in [5.74, 6) is -2.24. The van der Waals surface area contributed by atoms with Gasteiger partial charge in [0.2, 0.25) is 0 Å². The number of aromatic hydroxyl groups is 1. The first-order valence-corrected chi connectivity index (χ1v) is 6.58. The molecule has 0 aliphatic heterocycles. The van der Waals surface area contributed by atoms with Gasteiger partial charge in [-0.1, -0.05) is 6.07 Å². The number of hydrogen-bond donors (Lipinski definition) is 3. The third-order valence-electron chi connectivity index (χ3n) is 3.40. The molecule has 0 radical (unpaired) electrons. The van der Waals surface area contributed by atoms with E-state index in [9.17, 15) is 37.1 Å². The second-order valence-corrected chi connectivity index (χ2v) is 4.97. The molecule has 3 aromatic rings. The van der Waals surface area contributed by atoms with Crippen LogP contribution in [-0.2, 0) is 6.18 Å². The molecule has 0 fully saturated rings. The van der Waals surface area contributed by atoms with Crippen molar-refractivity contribution < 1.29 is 22.7 Å². The van der Waals surface area contributed by atoms with Crippen molar-refractivity contribution in [2.75, 3.05) is 0 Å². The zero-order chi connectivity index (χ0) is 18.5. The van der Waals surface area contributed by atoms with Crippen LogP contribution in [0.25, 0.3) is 16.6 Å². The molecule has 0 aliphatic carbocycles. The zero-order valence-corrected chi connectivity index (χ0v) is 11.9. The van der Waals surface area contributed by atoms with E-state index in [2.05, 4.69) is 0 Å². The molecular weight excluding hydrogens is 350 g/mol. The number of phenols is 1. The van der Waals surface area contributed by atoms with Crippen molar-refractivity contribution in [1.29, 1.82) is 0 Å². The standard InChI is InChI=1S/C14H7F4N3O4/c15-6-2-1-3-7(22)10(6)21-8(14(16,17)18)4-5-9(12(21)24)19-13(25)20-11(5)23/h1-4,22H,(H2,19,20,23,25). The van der Waals surface area contributed by atoms with Gasteiger partial charge in [0.1, 0.15) is 22.6 Å². The fraction of sp³-hybridized carbons (Fsp3) is 0.0714. The summed E-state index contributed by atoms with van der Waals surface area (Å²) >= 11 is 0. The van der Waals surface area contributed by atoms with Crippen molar-refractivity contribution >= 4 is 10.9 Å². The number of rotatable bonds is 1. The van der Waals surface area contributed by atoms with Gasteiger partial charge in [-0.05, 0) is 18.2 Å². The maximum absolute atomic E-state index is 14.0. The first-order valence-electron chi connectivity index (χ1n) is 6.58. The summed E-state index contributed by atoms with van der Waals surface area (Å²) in [7, 11) is 0. The number of halogens is 4. The fourth-order valence-corrected chi connectivity index (χ4v) is 2.38. The molecule has 0 atom stereocenters. The number of para-hydroxylation sites is 1. The number of nitrogens with one attached hydrogen (secondary N) is 2. The Kier molecular flexibility index (Phi) is 3.51. The number of nitrogens with zero attached hydrogens (tertiary/aromatic N) is 1. The molecule has 0 saturated heterocycles. The molecular formula is C14H7F4N3O4. The quantitative estimate of drug-likeness (QED) is 0.569. The Morgan fingerprint density at radius 3 is 2.36 bits per heavy atom. The maximum Gasteiger partial charge on any atom is 0.431 e. The van der Waals surface area contributed by atoms with Crippen LogP contribution in [0.2, 0.25) is 0 Å². The lowest BCUT2D eigenvalue weighted by molar-refractivity contribution is -0.142. The number of alkyl halides is 3. The van der Waals surface area contributed by atoms with E-state index in [1.54, 1.807) is 4.98 Å². The number of pyridine rings is 1. The van der Waals surface area contributed by atoms with Crippen LogP contribution in [0.5, 0.6) is 5.75 Å². The number of benzene rings is 1. The van der Waals surface area contributed by atoms with E-state index in [0.717, 1.165) is 18.2 Å². The minimum Gasteiger partial charge on any atom is -0.506 e. The highest BCUT2D eigenvalue weighted by Gasteiger charge is 2.37. The largest absolute Gasteiger partial charge is 0.506 e. The number of fused-ring (bicyclic) bond motifs is 1. The van der Waals surface area contributed by atoms with Gasteiger partial charge in [0.05, 0.1) is 5.39 Å². The monoisotopic (exact) mass is 357 g/mol. The molecule has 3 rings (SSSR count). The van der Waals surface area contributed by atoms with Crippen molar-refractivity contribution in [3.05, 3.63) is 67.0 Å². The Morgan fingerprint density at radius 2 is 1.76 bits per heavy atom. The third-order valence-corrected chi connectivity index (χ3v) is 3.40. The van der Waals surface area contributed by atoms with Gasteiger partial charge in [-0.2, -0.15) is 13.2 Å². The van der Waals surface area contributed by atoms with Crippen LogP contribution in [0, 0.1) is 5.82 Å². The van der Waals surface area contributed by atoms with E-state index in [4.69, 9.17) is 0 Å². The Bertz CT molecular complexity index is 1150. The Morgan fingerprint density at radius 1 is 1.08 bits per heavy atom. The van der Waals surface area contributed by atoms with Gasteiger partial charge in [0, 0.05) is 0 Å². The molecule has 1 aromatic carbocycles. The van der Waals surface area contributed by atoms with Gasteiger partial charge in [-0.25, -0.2) is 9.18 Å². The normalized spacial score (nSPS) is 11.8. The highest BCUT2D eigenvalue weighted by atomic mass is 19.4. The van der Waals surface area contributed by atoms with Crippen LogP contribution in [0.3, 0.4) is 0 Å². The second-order valence-electron chi connectivity index (χ2n) is 4.97. The fourth-order valence-electron chi connectivity index (χ4n) is 2.38. The molecule has 3 N–H and O–H groups in total. The van der Waals surface area contributed by atoms with Crippen molar-refractivity contribution in [3.8, 4) is 11.4 Å². The minimum atomic E-state index is -5.16. The highest BCUT2D eigenvalue weighted by molar-refractivity contribution is 5.77. The molecule has 11 heteroatoms. The molecule has 7 nitrogen and oxygen atoms in total. The van der Waals surface area contributed by atoms with Gasteiger partial charge >= 0.3 is 11.9 Å². The van der Waals surface area contributed by atoms with Crippen molar-refractivity contribution in [1.82, 2.24) is 14.5 Å². The second kappa shape index (κ2) is 5.33. The van der Waals surface area contributed by atoms with Gasteiger partial charge in [-0.3, -0.25) is 19.1 Å². The zero-order valence-electron chi connectivity index (χ0n) is 11.9. The van der Waals surface area contributed by atoms with Crippen molar-refractivity contribution in [3.63, 3.8) is 0 Å². The van der Waals surface area contributed by atoms with E-state index >= 15 is 0 Å². The SMILES string of the molecule is O=c1[nH]c(=O)c2cc(C(F)(F)F)n(-c3c(O)cccc3F)c(=O)c2[nH]1. The lowest BCUT2D eigenvalue weighted by Gasteiger charge is -2.17. The van der Waals surface area contributed by atoms with Crippen molar-refractivity contribution in [2.45, 2.75) is 6.18 Å². The van der Waals surface area contributed by atoms with E-state index in [1.165, 1.54) is 0 Å². The number of aromatic nitrogens is 3.